The average Bonchev–Trinajstić information content (AvgIpc) is 3.60. The molecule has 1 unspecified atom stereocenters. The molecule has 2 saturated heterocycles. The first-order valence-electron chi connectivity index (χ1n) is 16.2. The van der Waals surface area contributed by atoms with Crippen LogP contribution >= 0.6 is 0 Å². The number of rotatable bonds is 8. The van der Waals surface area contributed by atoms with Crippen LogP contribution in [-0.2, 0) is 10.0 Å². The summed E-state index contributed by atoms with van der Waals surface area (Å²) in [5.41, 5.74) is 2.80. The van der Waals surface area contributed by atoms with Crippen LogP contribution < -0.4 is 5.32 Å². The molecule has 5 atom stereocenters. The second kappa shape index (κ2) is 12.8. The van der Waals surface area contributed by atoms with Gasteiger partial charge in [0.15, 0.2) is 0 Å². The van der Waals surface area contributed by atoms with Crippen molar-refractivity contribution in [2.45, 2.75) is 76.3 Å². The van der Waals surface area contributed by atoms with Gasteiger partial charge in [0, 0.05) is 57.4 Å². The van der Waals surface area contributed by atoms with Crippen LogP contribution in [0.15, 0.2) is 36.7 Å². The maximum Gasteiger partial charge on any atom is 0.272 e. The van der Waals surface area contributed by atoms with E-state index in [1.165, 1.54) is 43.8 Å². The van der Waals surface area contributed by atoms with Crippen LogP contribution in [0.3, 0.4) is 0 Å². The van der Waals surface area contributed by atoms with E-state index in [9.17, 15) is 13.2 Å². The minimum atomic E-state index is -3.15. The zero-order valence-corrected chi connectivity index (χ0v) is 26.8. The van der Waals surface area contributed by atoms with Gasteiger partial charge in [0.05, 0.1) is 6.26 Å². The quantitative estimate of drug-likeness (QED) is 0.475. The van der Waals surface area contributed by atoms with E-state index in [0.29, 0.717) is 35.4 Å². The van der Waals surface area contributed by atoms with E-state index in [0.717, 1.165) is 69.8 Å². The normalized spacial score (nSPS) is 28.7. The van der Waals surface area contributed by atoms with Gasteiger partial charge in [-0.25, -0.2) is 22.7 Å². The molecule has 1 aromatic heterocycles. The number of carbonyl (C=O) groups is 1. The topological polar surface area (TPSA) is 98.7 Å². The number of aromatic nitrogens is 2. The van der Waals surface area contributed by atoms with Crippen molar-refractivity contribution >= 4 is 21.7 Å². The number of nitrogens with one attached hydrogen (secondary N) is 1. The number of anilines is 1. The molecule has 43 heavy (non-hydrogen) atoms. The highest BCUT2D eigenvalue weighted by molar-refractivity contribution is 7.88. The Bertz CT molecular complexity index is 1370. The first kappa shape index (κ1) is 30.5. The number of likely N-dealkylation sites (tertiary alicyclic amines) is 2. The van der Waals surface area contributed by atoms with Crippen LogP contribution in [0.25, 0.3) is 0 Å². The van der Waals surface area contributed by atoms with Crippen LogP contribution in [0.5, 0.6) is 0 Å². The van der Waals surface area contributed by atoms with E-state index in [1.54, 1.807) is 11.4 Å². The van der Waals surface area contributed by atoms with Crippen molar-refractivity contribution in [3.8, 4) is 0 Å². The summed E-state index contributed by atoms with van der Waals surface area (Å²) in [6.07, 6.45) is 11.6. The van der Waals surface area contributed by atoms with Gasteiger partial charge in [-0.3, -0.25) is 9.69 Å². The third-order valence-corrected chi connectivity index (χ3v) is 12.3. The number of hydrogen-bond donors (Lipinski definition) is 1. The second-order valence-corrected chi connectivity index (χ2v) is 15.7. The Balaban J connectivity index is 0.991. The van der Waals surface area contributed by atoms with Crippen LogP contribution in [0.2, 0.25) is 0 Å². The molecular formula is C33H48N6O3S. The lowest BCUT2D eigenvalue weighted by atomic mass is 9.78. The predicted octanol–water partition coefficient (Wildman–Crippen LogP) is 4.38. The molecule has 2 aromatic rings. The second-order valence-electron chi connectivity index (χ2n) is 13.6. The van der Waals surface area contributed by atoms with Gasteiger partial charge in [-0.2, -0.15) is 0 Å². The average molecular weight is 609 g/mol. The van der Waals surface area contributed by atoms with E-state index in [2.05, 4.69) is 50.5 Å². The highest BCUT2D eigenvalue weighted by atomic mass is 32.2. The zero-order valence-electron chi connectivity index (χ0n) is 26.0. The van der Waals surface area contributed by atoms with E-state index in [4.69, 9.17) is 0 Å². The van der Waals surface area contributed by atoms with Gasteiger partial charge in [0.25, 0.3) is 5.91 Å². The number of nitrogens with zero attached hydrogens (tertiary/aromatic N) is 5. The molecule has 1 amide bonds. The Morgan fingerprint density at radius 1 is 1.00 bits per heavy atom. The lowest BCUT2D eigenvalue weighted by Gasteiger charge is -2.37. The van der Waals surface area contributed by atoms with E-state index in [-0.39, 0.29) is 11.9 Å². The molecule has 4 fully saturated rings. The minimum Gasteiger partial charge on any atom is -0.369 e. The van der Waals surface area contributed by atoms with Gasteiger partial charge >= 0.3 is 0 Å². The molecule has 2 saturated carbocycles. The SMILES string of the molecule is Cc1c(NC[C@H]2CCC[C@@H](c3ccccc3)C2)ncnc1C(=O)N1CCC(N2C[C@H]3CC(N(C)S(C)(=O)=O)C[C@H]3C2)CC1. The van der Waals surface area contributed by atoms with Gasteiger partial charge in [-0.05, 0) is 81.1 Å². The van der Waals surface area contributed by atoms with Crippen molar-refractivity contribution in [2.24, 2.45) is 17.8 Å². The van der Waals surface area contributed by atoms with E-state index >= 15 is 0 Å². The maximum absolute atomic E-state index is 13.6. The summed E-state index contributed by atoms with van der Waals surface area (Å²) in [5, 5.41) is 3.57. The summed E-state index contributed by atoms with van der Waals surface area (Å²) in [6, 6.07) is 11.5. The highest BCUT2D eigenvalue weighted by Gasteiger charge is 2.45. The summed E-state index contributed by atoms with van der Waals surface area (Å²) in [6.45, 7) is 6.40. The number of benzene rings is 1. The largest absolute Gasteiger partial charge is 0.369 e. The van der Waals surface area contributed by atoms with Crippen molar-refractivity contribution in [2.75, 3.05) is 51.3 Å². The first-order valence-corrected chi connectivity index (χ1v) is 18.1. The van der Waals surface area contributed by atoms with Crippen LogP contribution in [0.1, 0.15) is 78.9 Å². The summed E-state index contributed by atoms with van der Waals surface area (Å²) >= 11 is 0. The molecule has 3 heterocycles. The molecular weight excluding hydrogens is 560 g/mol. The fourth-order valence-corrected chi connectivity index (χ4v) is 9.06. The number of carbonyl (C=O) groups excluding carboxylic acids is 1. The Labute approximate surface area is 257 Å². The van der Waals surface area contributed by atoms with Gasteiger partial charge < -0.3 is 10.2 Å². The molecule has 6 rings (SSSR count). The summed E-state index contributed by atoms with van der Waals surface area (Å²) in [4.78, 5) is 27.1. The van der Waals surface area contributed by atoms with Crippen LogP contribution in [0.4, 0.5) is 5.82 Å². The lowest BCUT2D eigenvalue weighted by molar-refractivity contribution is 0.0628. The molecule has 234 valence electrons. The maximum atomic E-state index is 13.6. The molecule has 0 bridgehead atoms. The van der Waals surface area contributed by atoms with Gasteiger partial charge in [0.2, 0.25) is 10.0 Å². The Kier molecular flexibility index (Phi) is 9.08. The van der Waals surface area contributed by atoms with Crippen molar-refractivity contribution in [3.05, 3.63) is 53.5 Å². The third-order valence-electron chi connectivity index (χ3n) is 11.0. The molecule has 0 spiro atoms. The van der Waals surface area contributed by atoms with Crippen molar-refractivity contribution in [1.29, 1.82) is 0 Å². The van der Waals surface area contributed by atoms with Crippen molar-refractivity contribution < 1.29 is 13.2 Å². The Hall–Kier alpha value is -2.56. The molecule has 4 aliphatic rings. The number of fused-ring (bicyclic) bond motifs is 1. The molecule has 2 aliphatic carbocycles. The predicted molar refractivity (Wildman–Crippen MR) is 170 cm³/mol. The fourth-order valence-electron chi connectivity index (χ4n) is 8.34. The summed E-state index contributed by atoms with van der Waals surface area (Å²) in [5.74, 6) is 3.13. The first-order chi connectivity index (χ1) is 20.7. The zero-order chi connectivity index (χ0) is 30.1. The molecule has 1 aromatic carbocycles. The number of sulfonamides is 1. The standard InChI is InChI=1S/C33H48N6O3S/c1-23-31(35-22-36-32(23)34-19-24-8-7-11-26(16-24)25-9-5-4-6-10-25)33(40)38-14-12-29(13-15-38)39-20-27-17-30(18-28(27)21-39)37(2)43(3,41)42/h4-6,9-10,22,24,26-30H,7-8,11-21H2,1-3H3,(H,34,35,36)/t24-,26+,27-,28+,30?/m0/s1. The fraction of sp³-hybridized carbons (Fsp3) is 0.667. The van der Waals surface area contributed by atoms with Gasteiger partial charge in [0.1, 0.15) is 17.8 Å². The Morgan fingerprint density at radius 3 is 2.37 bits per heavy atom. The molecule has 9 nitrogen and oxygen atoms in total. The van der Waals surface area contributed by atoms with Gasteiger partial charge in [-0.15, -0.1) is 0 Å². The number of amides is 1. The molecule has 10 heteroatoms. The number of piperidine rings is 1. The van der Waals surface area contributed by atoms with E-state index < -0.39 is 10.0 Å². The smallest absolute Gasteiger partial charge is 0.272 e. The monoisotopic (exact) mass is 608 g/mol. The third kappa shape index (κ3) is 6.76. The summed E-state index contributed by atoms with van der Waals surface area (Å²) < 4.78 is 25.6. The Morgan fingerprint density at radius 2 is 1.70 bits per heavy atom. The molecule has 0 radical (unpaired) electrons. The number of hydrogen-bond acceptors (Lipinski definition) is 7. The highest BCUT2D eigenvalue weighted by Crippen LogP contribution is 2.42. The molecule has 1 N–H and O–H groups in total. The van der Waals surface area contributed by atoms with Crippen molar-refractivity contribution in [1.82, 2.24) is 24.1 Å². The van der Waals surface area contributed by atoms with E-state index in [1.807, 2.05) is 11.8 Å². The van der Waals surface area contributed by atoms with Crippen LogP contribution in [0, 0.1) is 24.7 Å². The minimum absolute atomic E-state index is 0.00755. The molecule has 2 aliphatic heterocycles. The lowest BCUT2D eigenvalue weighted by Crippen LogP contribution is -2.47. The van der Waals surface area contributed by atoms with Crippen molar-refractivity contribution in [3.63, 3.8) is 0 Å². The van der Waals surface area contributed by atoms with Gasteiger partial charge in [-0.1, -0.05) is 36.8 Å². The van der Waals surface area contributed by atoms with Crippen LogP contribution in [-0.4, -0.2) is 96.5 Å². The summed E-state index contributed by atoms with van der Waals surface area (Å²) in [7, 11) is -1.42.